The summed E-state index contributed by atoms with van der Waals surface area (Å²) >= 11 is 1.94. The van der Waals surface area contributed by atoms with Gasteiger partial charge in [0.25, 0.3) is 0 Å². The van der Waals surface area contributed by atoms with Crippen LogP contribution in [-0.2, 0) is 4.74 Å². The van der Waals surface area contributed by atoms with Gasteiger partial charge in [-0.3, -0.25) is 0 Å². The highest BCUT2D eigenvalue weighted by molar-refractivity contribution is 7.99. The van der Waals surface area contributed by atoms with Crippen molar-refractivity contribution in [3.05, 3.63) is 42.5 Å². The van der Waals surface area contributed by atoms with Crippen molar-refractivity contribution in [3.63, 3.8) is 0 Å². The van der Waals surface area contributed by atoms with Crippen LogP contribution >= 0.6 is 11.8 Å². The van der Waals surface area contributed by atoms with E-state index in [1.54, 1.807) is 0 Å². The van der Waals surface area contributed by atoms with E-state index >= 15 is 0 Å². The Morgan fingerprint density at radius 2 is 2.33 bits per heavy atom. The van der Waals surface area contributed by atoms with Crippen LogP contribution in [0.1, 0.15) is 17.9 Å². The molecule has 0 aromatic heterocycles. The van der Waals surface area contributed by atoms with E-state index in [-0.39, 0.29) is 0 Å². The first-order valence-electron chi connectivity index (χ1n) is 5.32. The van der Waals surface area contributed by atoms with Gasteiger partial charge in [-0.05, 0) is 18.1 Å². The third-order valence-electron chi connectivity index (χ3n) is 2.58. The molecule has 0 fully saturated rings. The van der Waals surface area contributed by atoms with Crippen LogP contribution in [0.25, 0.3) is 0 Å². The summed E-state index contributed by atoms with van der Waals surface area (Å²) in [6.45, 7) is 5.33. The Morgan fingerprint density at radius 1 is 1.47 bits per heavy atom. The van der Waals surface area contributed by atoms with Gasteiger partial charge in [0, 0.05) is 16.6 Å². The molecule has 0 spiro atoms. The maximum absolute atomic E-state index is 5.63. The van der Waals surface area contributed by atoms with E-state index in [0.29, 0.717) is 5.92 Å². The quantitative estimate of drug-likeness (QED) is 0.555. The van der Waals surface area contributed by atoms with Crippen LogP contribution in [0, 0.1) is 0 Å². The summed E-state index contributed by atoms with van der Waals surface area (Å²) in [4.78, 5) is 1.43. The van der Waals surface area contributed by atoms with Gasteiger partial charge in [-0.25, -0.2) is 0 Å². The summed E-state index contributed by atoms with van der Waals surface area (Å²) in [6.07, 6.45) is 2.85. The standard InChI is InChI=1S/C13H16OS/c1-2-3-8-14-9-11-10-15-13-7-5-4-6-12(11)13/h2,4-7,11H,1,3,8-10H2. The fourth-order valence-corrected chi connectivity index (χ4v) is 2.99. The molecule has 0 bridgehead atoms. The average Bonchev–Trinajstić information content (AvgIpc) is 2.68. The van der Waals surface area contributed by atoms with Crippen LogP contribution in [0.4, 0.5) is 0 Å². The lowest BCUT2D eigenvalue weighted by atomic mass is 10.0. The normalized spacial score (nSPS) is 18.8. The average molecular weight is 220 g/mol. The number of benzene rings is 1. The number of hydrogen-bond donors (Lipinski definition) is 0. The van der Waals surface area contributed by atoms with E-state index in [4.69, 9.17) is 4.74 Å². The minimum atomic E-state index is 0.580. The first kappa shape index (κ1) is 10.8. The highest BCUT2D eigenvalue weighted by Crippen LogP contribution is 2.39. The van der Waals surface area contributed by atoms with E-state index in [1.807, 2.05) is 17.8 Å². The summed E-state index contributed by atoms with van der Waals surface area (Å²) < 4.78 is 5.63. The van der Waals surface area contributed by atoms with Gasteiger partial charge in [0.15, 0.2) is 0 Å². The third kappa shape index (κ3) is 2.64. The fraction of sp³-hybridized carbons (Fsp3) is 0.385. The van der Waals surface area contributed by atoms with Crippen molar-refractivity contribution in [3.8, 4) is 0 Å². The highest BCUT2D eigenvalue weighted by Gasteiger charge is 2.22. The molecule has 80 valence electrons. The minimum absolute atomic E-state index is 0.580. The van der Waals surface area contributed by atoms with E-state index in [0.717, 1.165) is 25.4 Å². The molecular formula is C13H16OS. The Kier molecular flexibility index (Phi) is 3.87. The van der Waals surface area contributed by atoms with E-state index in [9.17, 15) is 0 Å². The van der Waals surface area contributed by atoms with Crippen molar-refractivity contribution < 1.29 is 4.74 Å². The van der Waals surface area contributed by atoms with Crippen LogP contribution in [0.5, 0.6) is 0 Å². The molecule has 1 unspecified atom stereocenters. The molecule has 1 aliphatic rings. The van der Waals surface area contributed by atoms with Crippen molar-refractivity contribution in [2.75, 3.05) is 19.0 Å². The zero-order valence-corrected chi connectivity index (χ0v) is 9.63. The Morgan fingerprint density at radius 3 is 3.20 bits per heavy atom. The lowest BCUT2D eigenvalue weighted by Gasteiger charge is -2.10. The molecule has 0 amide bonds. The molecular weight excluding hydrogens is 204 g/mol. The molecule has 0 saturated heterocycles. The summed E-state index contributed by atoms with van der Waals surface area (Å²) in [5.74, 6) is 1.74. The van der Waals surface area contributed by atoms with Gasteiger partial charge in [0.2, 0.25) is 0 Å². The second-order valence-corrected chi connectivity index (χ2v) is 4.76. The van der Waals surface area contributed by atoms with Crippen molar-refractivity contribution in [2.24, 2.45) is 0 Å². The lowest BCUT2D eigenvalue weighted by molar-refractivity contribution is 0.129. The molecule has 0 radical (unpaired) electrons. The smallest absolute Gasteiger partial charge is 0.0543 e. The molecule has 2 rings (SSSR count). The van der Waals surface area contributed by atoms with Gasteiger partial charge >= 0.3 is 0 Å². The first-order valence-corrected chi connectivity index (χ1v) is 6.30. The van der Waals surface area contributed by atoms with Crippen molar-refractivity contribution in [1.29, 1.82) is 0 Å². The second kappa shape index (κ2) is 5.38. The topological polar surface area (TPSA) is 9.23 Å². The predicted octanol–water partition coefficient (Wildman–Crippen LogP) is 3.47. The van der Waals surface area contributed by atoms with Gasteiger partial charge in [-0.15, -0.1) is 18.3 Å². The SMILES string of the molecule is C=CCCOCC1CSc2ccccc21. The molecule has 0 N–H and O–H groups in total. The summed E-state index contributed by atoms with van der Waals surface area (Å²) in [6, 6.07) is 8.63. The van der Waals surface area contributed by atoms with E-state index in [2.05, 4.69) is 30.8 Å². The Labute approximate surface area is 95.5 Å². The van der Waals surface area contributed by atoms with Gasteiger partial charge in [0.05, 0.1) is 13.2 Å². The number of rotatable bonds is 5. The van der Waals surface area contributed by atoms with E-state index < -0.39 is 0 Å². The first-order chi connectivity index (χ1) is 7.42. The molecule has 15 heavy (non-hydrogen) atoms. The maximum Gasteiger partial charge on any atom is 0.0543 e. The summed E-state index contributed by atoms with van der Waals surface area (Å²) in [5, 5.41) is 0. The van der Waals surface area contributed by atoms with Gasteiger partial charge in [-0.1, -0.05) is 24.3 Å². The monoisotopic (exact) mass is 220 g/mol. The number of hydrogen-bond acceptors (Lipinski definition) is 2. The Balaban J connectivity index is 1.88. The molecule has 1 aromatic carbocycles. The number of fused-ring (bicyclic) bond motifs is 1. The van der Waals surface area contributed by atoms with Crippen molar-refractivity contribution in [1.82, 2.24) is 0 Å². The van der Waals surface area contributed by atoms with Crippen LogP contribution in [0.15, 0.2) is 41.8 Å². The molecule has 1 heterocycles. The largest absolute Gasteiger partial charge is 0.380 e. The molecule has 1 aliphatic heterocycles. The highest BCUT2D eigenvalue weighted by atomic mass is 32.2. The zero-order valence-electron chi connectivity index (χ0n) is 8.82. The Hall–Kier alpha value is -0.730. The molecule has 0 saturated carbocycles. The van der Waals surface area contributed by atoms with E-state index in [1.165, 1.54) is 10.5 Å². The number of ether oxygens (including phenoxy) is 1. The van der Waals surface area contributed by atoms with Crippen LogP contribution in [-0.4, -0.2) is 19.0 Å². The predicted molar refractivity (Wildman–Crippen MR) is 65.5 cm³/mol. The van der Waals surface area contributed by atoms with Crippen LogP contribution in [0.3, 0.4) is 0 Å². The maximum atomic E-state index is 5.63. The van der Waals surface area contributed by atoms with Crippen LogP contribution in [0.2, 0.25) is 0 Å². The lowest BCUT2D eigenvalue weighted by Crippen LogP contribution is -2.07. The van der Waals surface area contributed by atoms with Gasteiger partial charge < -0.3 is 4.74 Å². The van der Waals surface area contributed by atoms with Gasteiger partial charge in [-0.2, -0.15) is 0 Å². The molecule has 1 aromatic rings. The Bertz CT molecular complexity index is 335. The summed E-state index contributed by atoms with van der Waals surface area (Å²) in [5.41, 5.74) is 1.46. The summed E-state index contributed by atoms with van der Waals surface area (Å²) in [7, 11) is 0. The van der Waals surface area contributed by atoms with Crippen LogP contribution < -0.4 is 0 Å². The number of thioether (sulfide) groups is 1. The molecule has 1 nitrogen and oxygen atoms in total. The zero-order chi connectivity index (χ0) is 10.5. The third-order valence-corrected chi connectivity index (χ3v) is 3.84. The fourth-order valence-electron chi connectivity index (χ4n) is 1.76. The second-order valence-electron chi connectivity index (χ2n) is 3.70. The minimum Gasteiger partial charge on any atom is -0.380 e. The molecule has 1 atom stereocenters. The molecule has 2 heteroatoms. The van der Waals surface area contributed by atoms with Gasteiger partial charge in [0.1, 0.15) is 0 Å². The van der Waals surface area contributed by atoms with Crippen molar-refractivity contribution in [2.45, 2.75) is 17.2 Å². The molecule has 0 aliphatic carbocycles. The van der Waals surface area contributed by atoms with Crippen molar-refractivity contribution >= 4 is 11.8 Å².